The summed E-state index contributed by atoms with van der Waals surface area (Å²) in [5.41, 5.74) is 1.61. The minimum atomic E-state index is -0.729. The topological polar surface area (TPSA) is 60.2 Å². The molecule has 2 aromatic rings. The maximum atomic E-state index is 9.77. The smallest absolute Gasteiger partial charge is 0.123 e. The Kier molecular flexibility index (Phi) is 3.85. The van der Waals surface area contributed by atoms with E-state index in [4.69, 9.17) is 4.74 Å². The van der Waals surface area contributed by atoms with Crippen LogP contribution in [-0.4, -0.2) is 26.7 Å². The summed E-state index contributed by atoms with van der Waals surface area (Å²) in [6.45, 7) is 0.700. The molecule has 0 radical (unpaired) electrons. The number of hydrogen-bond donors (Lipinski definition) is 1. The van der Waals surface area contributed by atoms with Crippen molar-refractivity contribution in [3.63, 3.8) is 0 Å². The number of nitrogens with zero attached hydrogens (tertiary/aromatic N) is 3. The summed E-state index contributed by atoms with van der Waals surface area (Å²) in [5, 5.41) is 17.4. The molecule has 5 nitrogen and oxygen atoms in total. The van der Waals surface area contributed by atoms with Gasteiger partial charge in [0.15, 0.2) is 0 Å². The Morgan fingerprint density at radius 2 is 2.12 bits per heavy atom. The fourth-order valence-electron chi connectivity index (χ4n) is 1.47. The van der Waals surface area contributed by atoms with Gasteiger partial charge in [0.2, 0.25) is 0 Å². The van der Waals surface area contributed by atoms with E-state index in [9.17, 15) is 5.11 Å². The number of aliphatic hydroxyl groups is 1. The minimum Gasteiger partial charge on any atom is -0.384 e. The molecular formula is C12H15N3O2. The zero-order valence-corrected chi connectivity index (χ0v) is 9.65. The molecule has 0 saturated heterocycles. The first kappa shape index (κ1) is 11.8. The van der Waals surface area contributed by atoms with E-state index in [0.29, 0.717) is 12.3 Å². The van der Waals surface area contributed by atoms with Gasteiger partial charge in [-0.05, 0) is 5.56 Å². The van der Waals surface area contributed by atoms with Crippen LogP contribution in [0.15, 0.2) is 36.5 Å². The van der Waals surface area contributed by atoms with Crippen molar-refractivity contribution in [1.29, 1.82) is 0 Å². The van der Waals surface area contributed by atoms with Crippen molar-refractivity contribution >= 4 is 0 Å². The van der Waals surface area contributed by atoms with E-state index < -0.39 is 6.10 Å². The number of rotatable bonds is 5. The minimum absolute atomic E-state index is 0.216. The molecule has 0 aliphatic carbocycles. The van der Waals surface area contributed by atoms with E-state index >= 15 is 0 Å². The Labute approximate surface area is 99.7 Å². The number of hydrogen-bond acceptors (Lipinski definition) is 4. The third-order valence-corrected chi connectivity index (χ3v) is 2.35. The van der Waals surface area contributed by atoms with Crippen LogP contribution < -0.4 is 0 Å². The summed E-state index contributed by atoms with van der Waals surface area (Å²) in [5.74, 6) is 0. The highest BCUT2D eigenvalue weighted by Crippen LogP contribution is 2.10. The molecule has 1 aromatic carbocycles. The summed E-state index contributed by atoms with van der Waals surface area (Å²) in [6, 6.07) is 9.83. The van der Waals surface area contributed by atoms with Crippen LogP contribution in [0.5, 0.6) is 0 Å². The molecule has 0 amide bonds. The van der Waals surface area contributed by atoms with Crippen molar-refractivity contribution in [2.24, 2.45) is 7.05 Å². The Bertz CT molecular complexity index is 456. The second-order valence-corrected chi connectivity index (χ2v) is 3.83. The SMILES string of the molecule is Cn1cc(C(O)COCc2ccccc2)nn1. The normalized spacial score (nSPS) is 12.6. The van der Waals surface area contributed by atoms with E-state index in [1.165, 1.54) is 0 Å². The molecule has 0 fully saturated rings. The van der Waals surface area contributed by atoms with Crippen molar-refractivity contribution in [1.82, 2.24) is 15.0 Å². The Morgan fingerprint density at radius 1 is 1.35 bits per heavy atom. The molecule has 1 N–H and O–H groups in total. The molecule has 0 aliphatic rings. The van der Waals surface area contributed by atoms with Gasteiger partial charge in [0.1, 0.15) is 11.8 Å². The van der Waals surface area contributed by atoms with Crippen LogP contribution in [0.1, 0.15) is 17.4 Å². The second kappa shape index (κ2) is 5.56. The molecule has 0 aliphatic heterocycles. The maximum Gasteiger partial charge on any atom is 0.123 e. The third-order valence-electron chi connectivity index (χ3n) is 2.35. The summed E-state index contributed by atoms with van der Waals surface area (Å²) >= 11 is 0. The molecule has 1 aromatic heterocycles. The van der Waals surface area contributed by atoms with E-state index in [1.807, 2.05) is 30.3 Å². The van der Waals surface area contributed by atoms with Gasteiger partial charge in [0.05, 0.1) is 19.4 Å². The zero-order valence-electron chi connectivity index (χ0n) is 9.65. The number of benzene rings is 1. The zero-order chi connectivity index (χ0) is 12.1. The average molecular weight is 233 g/mol. The van der Waals surface area contributed by atoms with Crippen LogP contribution in [0.4, 0.5) is 0 Å². The third kappa shape index (κ3) is 3.37. The standard InChI is InChI=1S/C12H15N3O2/c1-15-7-11(13-14-15)12(16)9-17-8-10-5-3-2-4-6-10/h2-7,12,16H,8-9H2,1H3. The van der Waals surface area contributed by atoms with Crippen LogP contribution in [0.2, 0.25) is 0 Å². The lowest BCUT2D eigenvalue weighted by atomic mass is 10.2. The molecule has 5 heteroatoms. The number of ether oxygens (including phenoxy) is 1. The lowest BCUT2D eigenvalue weighted by molar-refractivity contribution is 0.0256. The highest BCUT2D eigenvalue weighted by atomic mass is 16.5. The quantitative estimate of drug-likeness (QED) is 0.839. The summed E-state index contributed by atoms with van der Waals surface area (Å²) < 4.78 is 6.97. The van der Waals surface area contributed by atoms with Gasteiger partial charge in [0, 0.05) is 7.05 Å². The van der Waals surface area contributed by atoms with Gasteiger partial charge in [-0.1, -0.05) is 35.5 Å². The molecular weight excluding hydrogens is 218 g/mol. The molecule has 1 atom stereocenters. The molecule has 90 valence electrons. The van der Waals surface area contributed by atoms with Gasteiger partial charge >= 0.3 is 0 Å². The fraction of sp³-hybridized carbons (Fsp3) is 0.333. The van der Waals surface area contributed by atoms with Crippen molar-refractivity contribution in [2.75, 3.05) is 6.61 Å². The van der Waals surface area contributed by atoms with Crippen LogP contribution >= 0.6 is 0 Å². The van der Waals surface area contributed by atoms with Gasteiger partial charge in [-0.2, -0.15) is 0 Å². The molecule has 1 heterocycles. The van der Waals surface area contributed by atoms with Crippen LogP contribution in [0, 0.1) is 0 Å². The van der Waals surface area contributed by atoms with Crippen LogP contribution in [0.3, 0.4) is 0 Å². The van der Waals surface area contributed by atoms with Crippen LogP contribution in [0.25, 0.3) is 0 Å². The monoisotopic (exact) mass is 233 g/mol. The Balaban J connectivity index is 1.79. The van der Waals surface area contributed by atoms with Crippen molar-refractivity contribution in [2.45, 2.75) is 12.7 Å². The highest BCUT2D eigenvalue weighted by Gasteiger charge is 2.11. The lowest BCUT2D eigenvalue weighted by Crippen LogP contribution is -2.07. The van der Waals surface area contributed by atoms with Gasteiger partial charge in [-0.25, -0.2) is 0 Å². The van der Waals surface area contributed by atoms with E-state index in [0.717, 1.165) is 5.56 Å². The highest BCUT2D eigenvalue weighted by molar-refractivity contribution is 5.13. The molecule has 2 rings (SSSR count). The molecule has 0 bridgehead atoms. The van der Waals surface area contributed by atoms with Crippen molar-refractivity contribution in [3.8, 4) is 0 Å². The number of aryl methyl sites for hydroxylation is 1. The van der Waals surface area contributed by atoms with Gasteiger partial charge in [-0.15, -0.1) is 5.10 Å². The first-order valence-corrected chi connectivity index (χ1v) is 5.41. The first-order chi connectivity index (χ1) is 8.25. The molecule has 0 spiro atoms. The first-order valence-electron chi connectivity index (χ1n) is 5.41. The predicted octanol–water partition coefficient (Wildman–Crippen LogP) is 1.07. The summed E-state index contributed by atoms with van der Waals surface area (Å²) in [4.78, 5) is 0. The summed E-state index contributed by atoms with van der Waals surface area (Å²) in [7, 11) is 1.76. The Morgan fingerprint density at radius 3 is 2.76 bits per heavy atom. The fourth-order valence-corrected chi connectivity index (χ4v) is 1.47. The average Bonchev–Trinajstić information content (AvgIpc) is 2.77. The van der Waals surface area contributed by atoms with Gasteiger partial charge in [0.25, 0.3) is 0 Å². The van der Waals surface area contributed by atoms with E-state index in [2.05, 4.69) is 10.3 Å². The second-order valence-electron chi connectivity index (χ2n) is 3.83. The van der Waals surface area contributed by atoms with Crippen molar-refractivity contribution < 1.29 is 9.84 Å². The van der Waals surface area contributed by atoms with Crippen LogP contribution in [-0.2, 0) is 18.4 Å². The molecule has 0 saturated carbocycles. The van der Waals surface area contributed by atoms with E-state index in [1.54, 1.807) is 17.9 Å². The number of aliphatic hydroxyl groups excluding tert-OH is 1. The molecule has 1 unspecified atom stereocenters. The Hall–Kier alpha value is -1.72. The number of aromatic nitrogens is 3. The van der Waals surface area contributed by atoms with E-state index in [-0.39, 0.29) is 6.61 Å². The summed E-state index contributed by atoms with van der Waals surface area (Å²) in [6.07, 6.45) is 0.948. The predicted molar refractivity (Wildman–Crippen MR) is 62.1 cm³/mol. The lowest BCUT2D eigenvalue weighted by Gasteiger charge is -2.08. The largest absolute Gasteiger partial charge is 0.384 e. The van der Waals surface area contributed by atoms with Gasteiger partial charge < -0.3 is 9.84 Å². The van der Waals surface area contributed by atoms with Gasteiger partial charge in [-0.3, -0.25) is 4.68 Å². The molecule has 17 heavy (non-hydrogen) atoms. The van der Waals surface area contributed by atoms with Crippen molar-refractivity contribution in [3.05, 3.63) is 47.8 Å². The maximum absolute atomic E-state index is 9.77.